The summed E-state index contributed by atoms with van der Waals surface area (Å²) in [6.45, 7) is 17.5. The molecule has 3 aliphatic rings. The van der Waals surface area contributed by atoms with E-state index in [1.165, 1.54) is 5.56 Å². The van der Waals surface area contributed by atoms with Crippen LogP contribution in [-0.2, 0) is 17.3 Å². The predicted octanol–water partition coefficient (Wildman–Crippen LogP) is 12.1. The van der Waals surface area contributed by atoms with Gasteiger partial charge in [-0.25, -0.2) is 9.98 Å². The topological polar surface area (TPSA) is 93.9 Å². The van der Waals surface area contributed by atoms with Crippen molar-refractivity contribution >= 4 is 22.7 Å². The van der Waals surface area contributed by atoms with Gasteiger partial charge in [-0.1, -0.05) is 98.2 Å². The van der Waals surface area contributed by atoms with Gasteiger partial charge in [0.15, 0.2) is 0 Å². The molecule has 0 amide bonds. The fourth-order valence-corrected chi connectivity index (χ4v) is 7.86. The van der Waals surface area contributed by atoms with Crippen molar-refractivity contribution in [3.63, 3.8) is 0 Å². The lowest BCUT2D eigenvalue weighted by Crippen LogP contribution is -2.17. The maximum atomic E-state index is 12.2. The van der Waals surface area contributed by atoms with Crippen LogP contribution in [0.15, 0.2) is 113 Å². The second kappa shape index (κ2) is 14.1. The van der Waals surface area contributed by atoms with Crippen LogP contribution in [0.3, 0.4) is 0 Å². The van der Waals surface area contributed by atoms with E-state index < -0.39 is 0 Å². The average Bonchev–Trinajstić information content (AvgIpc) is 3.84. The molecule has 5 aromatic rings. The number of aromatic hydroxyl groups is 2. The first-order chi connectivity index (χ1) is 26.7. The van der Waals surface area contributed by atoms with Crippen LogP contribution in [0.2, 0.25) is 0 Å². The van der Waals surface area contributed by atoms with Gasteiger partial charge >= 0.3 is 0 Å². The van der Waals surface area contributed by atoms with Crippen LogP contribution in [0.4, 0.5) is 0 Å². The summed E-state index contributed by atoms with van der Waals surface area (Å²) in [6.07, 6.45) is 10.2. The van der Waals surface area contributed by atoms with E-state index in [-0.39, 0.29) is 28.2 Å². The molecule has 56 heavy (non-hydrogen) atoms. The van der Waals surface area contributed by atoms with E-state index in [1.807, 2.05) is 36.4 Å². The number of nitrogens with zero attached hydrogens (tertiary/aromatic N) is 3. The number of phenols is 2. The molecule has 5 heterocycles. The van der Waals surface area contributed by atoms with Crippen molar-refractivity contribution in [3.8, 4) is 34.0 Å². The number of hydrogen-bond acceptors (Lipinski definition) is 5. The molecule has 8 rings (SSSR count). The smallest absolute Gasteiger partial charge is 0.134 e. The summed E-state index contributed by atoms with van der Waals surface area (Å²) in [6, 6.07) is 27.1. The molecule has 0 fully saturated rings. The number of phenolic OH excluding ortho intramolecular Hbond substituents is 2. The number of pyridine rings is 1. The van der Waals surface area contributed by atoms with Gasteiger partial charge in [-0.05, 0) is 119 Å². The number of fused-ring (bicyclic) bond motifs is 15. The van der Waals surface area contributed by atoms with Crippen molar-refractivity contribution in [2.45, 2.75) is 91.9 Å². The molecule has 0 radical (unpaired) electrons. The highest BCUT2D eigenvalue weighted by molar-refractivity contribution is 6.17. The highest BCUT2D eigenvalue weighted by atomic mass is 16.3. The highest BCUT2D eigenvalue weighted by Crippen LogP contribution is 2.44. The number of hydrogen-bond donors (Lipinski definition) is 3. The van der Waals surface area contributed by atoms with Gasteiger partial charge in [0.1, 0.15) is 11.5 Å². The molecule has 0 aliphatic carbocycles. The minimum Gasteiger partial charge on any atom is -0.507 e. The molecule has 12 bridgehead atoms. The lowest BCUT2D eigenvalue weighted by atomic mass is 9.82. The van der Waals surface area contributed by atoms with Crippen molar-refractivity contribution < 1.29 is 10.2 Å². The van der Waals surface area contributed by atoms with Gasteiger partial charge in [0.25, 0.3) is 0 Å². The van der Waals surface area contributed by atoms with Crippen LogP contribution in [-0.4, -0.2) is 31.6 Å². The molecular weight excluding hydrogens is 689 g/mol. The number of benzene rings is 3. The molecule has 0 saturated heterocycles. The van der Waals surface area contributed by atoms with Gasteiger partial charge < -0.3 is 15.2 Å². The van der Waals surface area contributed by atoms with Crippen molar-refractivity contribution in [1.29, 1.82) is 0 Å². The second-order valence-electron chi connectivity index (χ2n) is 17.7. The summed E-state index contributed by atoms with van der Waals surface area (Å²) < 4.78 is 0. The van der Waals surface area contributed by atoms with E-state index in [0.29, 0.717) is 45.8 Å². The predicted molar refractivity (Wildman–Crippen MR) is 232 cm³/mol. The highest BCUT2D eigenvalue weighted by Gasteiger charge is 2.28. The average molecular weight is 741 g/mol. The van der Waals surface area contributed by atoms with E-state index in [9.17, 15) is 10.2 Å². The monoisotopic (exact) mass is 740 g/mol. The maximum absolute atomic E-state index is 12.2. The van der Waals surface area contributed by atoms with Gasteiger partial charge in [-0.15, -0.1) is 0 Å². The summed E-state index contributed by atoms with van der Waals surface area (Å²) in [4.78, 5) is 19.4. The summed E-state index contributed by atoms with van der Waals surface area (Å²) in [5.41, 5.74) is 13.9. The zero-order valence-corrected chi connectivity index (χ0v) is 33.9. The number of aryl methyl sites for hydroxylation is 1. The van der Waals surface area contributed by atoms with Crippen molar-refractivity contribution in [2.75, 3.05) is 0 Å². The molecule has 6 nitrogen and oxygen atoms in total. The minimum atomic E-state index is -0.200. The van der Waals surface area contributed by atoms with Crippen molar-refractivity contribution in [3.05, 3.63) is 148 Å². The molecular formula is C50H52N4O2. The Hall–Kier alpha value is -5.75. The number of unbranched alkanes of at least 4 members (excludes halogenated alkanes) is 1. The molecule has 2 aromatic heterocycles. The summed E-state index contributed by atoms with van der Waals surface area (Å²) >= 11 is 0. The fraction of sp³-hybridized carbons (Fsp3) is 0.300. The van der Waals surface area contributed by atoms with Gasteiger partial charge in [-0.3, -0.25) is 4.99 Å². The molecule has 3 N–H and O–H groups in total. The Morgan fingerprint density at radius 2 is 1.36 bits per heavy atom. The summed E-state index contributed by atoms with van der Waals surface area (Å²) in [5.74, 6) is 0.489. The van der Waals surface area contributed by atoms with Crippen molar-refractivity contribution in [1.82, 2.24) is 9.97 Å². The van der Waals surface area contributed by atoms with Gasteiger partial charge in [0.05, 0.1) is 34.2 Å². The Kier molecular flexibility index (Phi) is 9.35. The summed E-state index contributed by atoms with van der Waals surface area (Å²) in [7, 11) is 0. The molecule has 1 unspecified atom stereocenters. The Morgan fingerprint density at radius 3 is 2.07 bits per heavy atom. The Balaban J connectivity index is 1.44. The van der Waals surface area contributed by atoms with Gasteiger partial charge in [-0.2, -0.15) is 0 Å². The first-order valence-corrected chi connectivity index (χ1v) is 20.0. The number of allylic oxidation sites excluding steroid dienone is 3. The Morgan fingerprint density at radius 1 is 0.714 bits per heavy atom. The zero-order valence-electron chi connectivity index (χ0n) is 33.9. The van der Waals surface area contributed by atoms with E-state index in [0.717, 1.165) is 70.0 Å². The molecule has 1 atom stereocenters. The Labute approximate surface area is 331 Å². The van der Waals surface area contributed by atoms with E-state index >= 15 is 0 Å². The van der Waals surface area contributed by atoms with Gasteiger partial charge in [0, 0.05) is 39.2 Å². The van der Waals surface area contributed by atoms with Crippen molar-refractivity contribution in [2.24, 2.45) is 15.9 Å². The number of aromatic amines is 1. The molecule has 0 saturated carbocycles. The van der Waals surface area contributed by atoms with E-state index in [4.69, 9.17) is 15.0 Å². The largest absolute Gasteiger partial charge is 0.507 e. The fourth-order valence-electron chi connectivity index (χ4n) is 7.86. The molecule has 3 aromatic carbocycles. The third-order valence-corrected chi connectivity index (χ3v) is 11.2. The molecule has 0 spiro atoms. The van der Waals surface area contributed by atoms with E-state index in [1.54, 1.807) is 0 Å². The SMILES string of the molecule is CCCCc1ccc(C2=C3C=CC(=N3)c3cc(C(C)(C)C)cc(c3O)C3=NC(=CC(C)C3)c3cccc(n3)-c3cc(C(C)(C)C)cc(c3O)-c3ccc2[nH]3)cc1. The third-order valence-electron chi connectivity index (χ3n) is 11.2. The number of nitrogens with one attached hydrogen (secondary N) is 1. The standard InChI is InChI=1S/C50H52N4O2/c1-9-10-12-30-15-17-31(18-16-30)46-42-21-19-39(52-42)35-26-32(49(3,4)5)25-34(47(35)55)38-13-11-14-41(51-38)45-24-29(2)23-44(54-45)37-28-33(50(6,7)8)27-36(48(37)56)40-20-22-43(46)53-40/h11,13-22,24-29,52,55-56H,9-10,12,23H2,1-8H3. The van der Waals surface area contributed by atoms with Crippen LogP contribution < -0.4 is 0 Å². The van der Waals surface area contributed by atoms with Crippen LogP contribution in [0.25, 0.3) is 33.8 Å². The third kappa shape index (κ3) is 6.98. The normalized spacial score (nSPS) is 16.5. The van der Waals surface area contributed by atoms with Crippen LogP contribution >= 0.6 is 0 Å². The first-order valence-electron chi connectivity index (χ1n) is 20.0. The molecule has 6 heteroatoms. The van der Waals surface area contributed by atoms with Crippen LogP contribution in [0.5, 0.6) is 11.5 Å². The number of aromatic nitrogens is 2. The Bertz CT molecular complexity index is 2530. The lowest BCUT2D eigenvalue weighted by Gasteiger charge is -2.25. The maximum Gasteiger partial charge on any atom is 0.134 e. The van der Waals surface area contributed by atoms with Crippen LogP contribution in [0.1, 0.15) is 119 Å². The first kappa shape index (κ1) is 37.2. The zero-order chi connectivity index (χ0) is 39.5. The molecule has 284 valence electrons. The van der Waals surface area contributed by atoms with Gasteiger partial charge in [0.2, 0.25) is 0 Å². The minimum absolute atomic E-state index is 0.151. The van der Waals surface area contributed by atoms with Crippen LogP contribution in [0, 0.1) is 5.92 Å². The second-order valence-corrected chi connectivity index (χ2v) is 17.7. The number of H-pyrrole nitrogens is 1. The number of rotatable bonds is 4. The molecule has 3 aliphatic heterocycles. The van der Waals surface area contributed by atoms with E-state index in [2.05, 4.69) is 121 Å². The number of aliphatic imine (C=N–C) groups is 2. The summed E-state index contributed by atoms with van der Waals surface area (Å²) in [5, 5.41) is 24.4. The quantitative estimate of drug-likeness (QED) is 0.171. The lowest BCUT2D eigenvalue weighted by molar-refractivity contribution is 0.471.